The number of hydrogen-bond donors (Lipinski definition) is 0. The van der Waals surface area contributed by atoms with Gasteiger partial charge in [0.1, 0.15) is 11.5 Å². The van der Waals surface area contributed by atoms with Crippen molar-refractivity contribution < 1.29 is 9.18 Å². The lowest BCUT2D eigenvalue weighted by Gasteiger charge is -2.35. The summed E-state index contributed by atoms with van der Waals surface area (Å²) in [6.45, 7) is 4.83. The van der Waals surface area contributed by atoms with Crippen molar-refractivity contribution in [1.29, 1.82) is 0 Å². The van der Waals surface area contributed by atoms with E-state index in [9.17, 15) is 9.18 Å². The smallest absolute Gasteiger partial charge is 0.219 e. The Balaban J connectivity index is 1.28. The summed E-state index contributed by atoms with van der Waals surface area (Å²) in [5, 5.41) is 0.762. The van der Waals surface area contributed by atoms with E-state index in [1.165, 1.54) is 12.1 Å². The number of carbonyl (C=O) groups is 1. The van der Waals surface area contributed by atoms with Crippen molar-refractivity contribution in [3.05, 3.63) is 85.1 Å². The quantitative estimate of drug-likeness (QED) is 0.375. The molecule has 5 aromatic rings. The average Bonchev–Trinajstić information content (AvgIpc) is 3.31. The number of aromatic nitrogens is 3. The molecular weight excluding hydrogens is 441 g/mol. The summed E-state index contributed by atoms with van der Waals surface area (Å²) in [5.74, 6) is -0.145. The Morgan fingerprint density at radius 3 is 2.46 bits per heavy atom. The highest BCUT2D eigenvalue weighted by atomic mass is 19.1. The second-order valence-corrected chi connectivity index (χ2v) is 8.85. The first-order valence-electron chi connectivity index (χ1n) is 11.7. The normalized spacial score (nSPS) is 14.1. The second kappa shape index (κ2) is 8.51. The lowest BCUT2D eigenvalue weighted by Crippen LogP contribution is -2.48. The maximum absolute atomic E-state index is 13.9. The Labute approximate surface area is 202 Å². The zero-order valence-electron chi connectivity index (χ0n) is 19.4. The van der Waals surface area contributed by atoms with E-state index in [1.807, 2.05) is 27.8 Å². The molecule has 0 aliphatic carbocycles. The number of anilines is 1. The first kappa shape index (κ1) is 21.3. The summed E-state index contributed by atoms with van der Waals surface area (Å²) in [4.78, 5) is 24.8. The molecule has 0 saturated carbocycles. The molecule has 35 heavy (non-hydrogen) atoms. The Kier molecular flexibility index (Phi) is 5.17. The Morgan fingerprint density at radius 2 is 1.69 bits per heavy atom. The third kappa shape index (κ3) is 3.89. The van der Waals surface area contributed by atoms with Gasteiger partial charge in [0.05, 0.1) is 17.4 Å². The van der Waals surface area contributed by atoms with E-state index < -0.39 is 0 Å². The number of hydrogen-bond acceptors (Lipinski definition) is 4. The molecule has 4 heterocycles. The van der Waals surface area contributed by atoms with E-state index >= 15 is 0 Å². The molecule has 0 atom stereocenters. The summed E-state index contributed by atoms with van der Waals surface area (Å²) in [5.41, 5.74) is 6.71. The average molecular weight is 466 g/mol. The molecule has 174 valence electrons. The molecule has 0 spiro atoms. The van der Waals surface area contributed by atoms with Crippen LogP contribution in [0.25, 0.3) is 38.9 Å². The van der Waals surface area contributed by atoms with Gasteiger partial charge in [-0.15, -0.1) is 0 Å². The number of nitrogens with zero attached hydrogens (tertiary/aromatic N) is 5. The molecule has 6 nitrogen and oxygen atoms in total. The topological polar surface area (TPSA) is 53.7 Å². The van der Waals surface area contributed by atoms with Gasteiger partial charge >= 0.3 is 0 Å². The third-order valence-corrected chi connectivity index (χ3v) is 6.78. The van der Waals surface area contributed by atoms with Gasteiger partial charge in [-0.1, -0.05) is 12.1 Å². The fourth-order valence-electron chi connectivity index (χ4n) is 4.85. The molecule has 1 aliphatic heterocycles. The zero-order valence-corrected chi connectivity index (χ0v) is 19.4. The predicted octanol–water partition coefficient (Wildman–Crippen LogP) is 5.02. The maximum Gasteiger partial charge on any atom is 0.219 e. The molecule has 1 fully saturated rings. The van der Waals surface area contributed by atoms with E-state index in [-0.39, 0.29) is 11.7 Å². The van der Waals surface area contributed by atoms with Crippen molar-refractivity contribution in [2.75, 3.05) is 31.1 Å². The molecule has 0 unspecified atom stereocenters. The molecule has 1 saturated heterocycles. The highest BCUT2D eigenvalue weighted by Crippen LogP contribution is 2.30. The van der Waals surface area contributed by atoms with Crippen LogP contribution in [0.2, 0.25) is 0 Å². The predicted molar refractivity (Wildman–Crippen MR) is 136 cm³/mol. The molecule has 1 amide bonds. The van der Waals surface area contributed by atoms with Crippen LogP contribution in [0.3, 0.4) is 0 Å². The van der Waals surface area contributed by atoms with Gasteiger partial charge in [0.15, 0.2) is 0 Å². The number of piperazine rings is 1. The Morgan fingerprint density at radius 1 is 0.886 bits per heavy atom. The van der Waals surface area contributed by atoms with Crippen molar-refractivity contribution in [2.45, 2.75) is 6.92 Å². The minimum Gasteiger partial charge on any atom is -0.368 e. The van der Waals surface area contributed by atoms with Gasteiger partial charge in [-0.3, -0.25) is 14.2 Å². The van der Waals surface area contributed by atoms with E-state index in [4.69, 9.17) is 0 Å². The van der Waals surface area contributed by atoms with Crippen LogP contribution in [0.4, 0.5) is 10.1 Å². The van der Waals surface area contributed by atoms with Crippen molar-refractivity contribution in [1.82, 2.24) is 19.3 Å². The number of halogens is 1. The highest BCUT2D eigenvalue weighted by Gasteiger charge is 2.19. The van der Waals surface area contributed by atoms with Gasteiger partial charge in [-0.05, 0) is 59.7 Å². The Bertz CT molecular complexity index is 1550. The second-order valence-electron chi connectivity index (χ2n) is 8.85. The van der Waals surface area contributed by atoms with E-state index in [0.29, 0.717) is 0 Å². The first-order valence-corrected chi connectivity index (χ1v) is 11.7. The molecule has 3 aromatic heterocycles. The largest absolute Gasteiger partial charge is 0.368 e. The highest BCUT2D eigenvalue weighted by molar-refractivity contribution is 5.94. The summed E-state index contributed by atoms with van der Waals surface area (Å²) >= 11 is 0. The third-order valence-electron chi connectivity index (χ3n) is 6.78. The van der Waals surface area contributed by atoms with Crippen LogP contribution in [0.15, 0.2) is 79.3 Å². The lowest BCUT2D eigenvalue weighted by atomic mass is 10.1. The van der Waals surface area contributed by atoms with E-state index in [1.54, 1.807) is 19.2 Å². The van der Waals surface area contributed by atoms with Crippen LogP contribution in [-0.4, -0.2) is 51.4 Å². The molecular formula is C28H24FN5O. The number of benzene rings is 2. The standard InChI is InChI=1S/C28H24FN5O/c1-19(35)32-12-14-33(15-13-32)23-5-2-20(3-6-23)21-9-11-34-27(18-31-28(34)16-21)24-8-10-30-26-7-4-22(29)17-25(24)26/h2-11,16-18H,12-15H2,1H3. The van der Waals surface area contributed by atoms with Crippen molar-refractivity contribution in [3.63, 3.8) is 0 Å². The van der Waals surface area contributed by atoms with Crippen molar-refractivity contribution in [3.8, 4) is 22.4 Å². The maximum atomic E-state index is 13.9. The van der Waals surface area contributed by atoms with Gasteiger partial charge in [0, 0.05) is 62.1 Å². The van der Waals surface area contributed by atoms with Crippen LogP contribution in [-0.2, 0) is 4.79 Å². The number of imidazole rings is 1. The van der Waals surface area contributed by atoms with Gasteiger partial charge in [-0.25, -0.2) is 9.37 Å². The summed E-state index contributed by atoms with van der Waals surface area (Å²) < 4.78 is 16.0. The number of amides is 1. The summed E-state index contributed by atoms with van der Waals surface area (Å²) in [6.07, 6.45) is 5.57. The minimum absolute atomic E-state index is 0.141. The van der Waals surface area contributed by atoms with Crippen LogP contribution in [0.1, 0.15) is 6.92 Å². The lowest BCUT2D eigenvalue weighted by molar-refractivity contribution is -0.129. The van der Waals surface area contributed by atoms with Crippen LogP contribution in [0, 0.1) is 5.82 Å². The van der Waals surface area contributed by atoms with Crippen LogP contribution in [0.5, 0.6) is 0 Å². The molecule has 7 heteroatoms. The minimum atomic E-state index is -0.285. The number of pyridine rings is 2. The SMILES string of the molecule is CC(=O)N1CCN(c2ccc(-c3ccn4c(-c5ccnc6ccc(F)cc56)cnc4c3)cc2)CC1. The fourth-order valence-corrected chi connectivity index (χ4v) is 4.85. The van der Waals surface area contributed by atoms with Gasteiger partial charge in [0.25, 0.3) is 0 Å². The summed E-state index contributed by atoms with van der Waals surface area (Å²) in [6, 6.07) is 19.2. The molecule has 0 radical (unpaired) electrons. The van der Waals surface area contributed by atoms with Gasteiger partial charge in [0.2, 0.25) is 5.91 Å². The molecule has 0 bridgehead atoms. The van der Waals surface area contributed by atoms with Gasteiger partial charge in [-0.2, -0.15) is 0 Å². The Hall–Kier alpha value is -4.26. The van der Waals surface area contributed by atoms with Crippen molar-refractivity contribution in [2.24, 2.45) is 0 Å². The molecule has 1 aliphatic rings. The van der Waals surface area contributed by atoms with Crippen LogP contribution < -0.4 is 4.90 Å². The fraction of sp³-hybridized carbons (Fsp3) is 0.179. The van der Waals surface area contributed by atoms with E-state index in [2.05, 4.69) is 51.3 Å². The molecule has 6 rings (SSSR count). The molecule has 0 N–H and O–H groups in total. The monoisotopic (exact) mass is 465 g/mol. The van der Waals surface area contributed by atoms with Gasteiger partial charge < -0.3 is 9.80 Å². The number of rotatable bonds is 3. The van der Waals surface area contributed by atoms with Crippen molar-refractivity contribution >= 4 is 28.1 Å². The van der Waals surface area contributed by atoms with Crippen LogP contribution >= 0.6 is 0 Å². The van der Waals surface area contributed by atoms with E-state index in [0.717, 1.165) is 70.8 Å². The number of carbonyl (C=O) groups excluding carboxylic acids is 1. The zero-order chi connectivity index (χ0) is 23.9. The summed E-state index contributed by atoms with van der Waals surface area (Å²) in [7, 11) is 0. The molecule has 2 aromatic carbocycles. The number of fused-ring (bicyclic) bond motifs is 2. The first-order chi connectivity index (χ1) is 17.1.